The molecule has 4 heterocycles. The molecule has 2 aliphatic heterocycles. The third kappa shape index (κ3) is 7.69. The molecule has 1 fully saturated rings. The molecule has 3 aromatic rings. The first-order chi connectivity index (χ1) is 21.0. The number of halogens is 1. The number of anilines is 2. The van der Waals surface area contributed by atoms with Gasteiger partial charge in [-0.3, -0.25) is 9.69 Å². The number of amides is 2. The maximum absolute atomic E-state index is 13.7. The highest BCUT2D eigenvalue weighted by molar-refractivity contribution is 7.17. The zero-order chi connectivity index (χ0) is 31.4. The van der Waals surface area contributed by atoms with Crippen molar-refractivity contribution < 1.29 is 23.9 Å². The van der Waals surface area contributed by atoms with Gasteiger partial charge in [-0.25, -0.2) is 14.6 Å². The van der Waals surface area contributed by atoms with Crippen molar-refractivity contribution in [3.8, 4) is 0 Å². The molecule has 1 aromatic carbocycles. The fourth-order valence-corrected chi connectivity index (χ4v) is 6.86. The predicted octanol–water partition coefficient (Wildman–Crippen LogP) is 6.21. The van der Waals surface area contributed by atoms with Crippen molar-refractivity contribution in [1.29, 1.82) is 0 Å². The Balaban J connectivity index is 1.30. The number of carbonyl (C=O) groups is 3. The first-order valence-electron chi connectivity index (χ1n) is 14.7. The number of benzene rings is 1. The smallest absolute Gasteiger partial charge is 0.410 e. The number of pyridine rings is 1. The number of thiophene rings is 1. The molecule has 0 bridgehead atoms. The summed E-state index contributed by atoms with van der Waals surface area (Å²) in [7, 11) is 1.31. The molecular weight excluding hydrogens is 602 g/mol. The summed E-state index contributed by atoms with van der Waals surface area (Å²) >= 11 is 7.51. The molecule has 0 radical (unpaired) electrons. The number of piperidine rings is 1. The van der Waals surface area contributed by atoms with Gasteiger partial charge in [0.1, 0.15) is 21.6 Å². The van der Waals surface area contributed by atoms with Gasteiger partial charge in [0.15, 0.2) is 0 Å². The number of fused-ring (bicyclic) bond motifs is 1. The summed E-state index contributed by atoms with van der Waals surface area (Å²) < 4.78 is 10.6. The SMILES string of the molecule is COC(=O)c1c(NC(=O)c2ccc(Cl)nc2NC2CCN(Cc3ccccc3)CC2)sc2c1CCN(C(=O)OC(C)(C)C)C2. The van der Waals surface area contributed by atoms with Crippen LogP contribution in [0.15, 0.2) is 42.5 Å². The quantitative estimate of drug-likeness (QED) is 0.232. The van der Waals surface area contributed by atoms with Crippen molar-refractivity contribution in [2.75, 3.05) is 37.4 Å². The van der Waals surface area contributed by atoms with Crippen LogP contribution in [0.5, 0.6) is 0 Å². The Morgan fingerprint density at radius 3 is 2.48 bits per heavy atom. The van der Waals surface area contributed by atoms with E-state index >= 15 is 0 Å². The lowest BCUT2D eigenvalue weighted by Gasteiger charge is -2.33. The minimum absolute atomic E-state index is 0.123. The number of esters is 1. The average Bonchev–Trinajstić information content (AvgIpc) is 3.34. The van der Waals surface area contributed by atoms with Crippen LogP contribution < -0.4 is 10.6 Å². The van der Waals surface area contributed by atoms with E-state index in [0.717, 1.165) is 42.9 Å². The molecule has 0 saturated carbocycles. The molecule has 2 aliphatic rings. The number of ether oxygens (including phenoxy) is 2. The number of hydrogen-bond donors (Lipinski definition) is 2. The second-order valence-electron chi connectivity index (χ2n) is 12.0. The molecule has 0 spiro atoms. The van der Waals surface area contributed by atoms with Crippen molar-refractivity contribution in [1.82, 2.24) is 14.8 Å². The van der Waals surface area contributed by atoms with Crippen molar-refractivity contribution in [3.63, 3.8) is 0 Å². The van der Waals surface area contributed by atoms with E-state index in [1.807, 2.05) is 26.8 Å². The Labute approximate surface area is 266 Å². The topological polar surface area (TPSA) is 113 Å². The minimum atomic E-state index is -0.624. The summed E-state index contributed by atoms with van der Waals surface area (Å²) in [5.74, 6) is -0.571. The van der Waals surface area contributed by atoms with Crippen LogP contribution in [0.4, 0.5) is 15.6 Å². The van der Waals surface area contributed by atoms with Crippen LogP contribution in [0.2, 0.25) is 5.15 Å². The molecule has 2 amide bonds. The van der Waals surface area contributed by atoms with E-state index in [0.29, 0.717) is 34.9 Å². The Morgan fingerprint density at radius 1 is 1.07 bits per heavy atom. The summed E-state index contributed by atoms with van der Waals surface area (Å²) in [5.41, 5.74) is 2.06. The molecule has 2 aromatic heterocycles. The summed E-state index contributed by atoms with van der Waals surface area (Å²) in [5, 5.41) is 7.01. The first-order valence-corrected chi connectivity index (χ1v) is 15.9. The van der Waals surface area contributed by atoms with Gasteiger partial charge >= 0.3 is 12.1 Å². The lowest BCUT2D eigenvalue weighted by atomic mass is 10.0. The van der Waals surface area contributed by atoms with Crippen LogP contribution in [-0.2, 0) is 29.0 Å². The lowest BCUT2D eigenvalue weighted by Crippen LogP contribution is -2.39. The van der Waals surface area contributed by atoms with Crippen LogP contribution >= 0.6 is 22.9 Å². The van der Waals surface area contributed by atoms with Crippen LogP contribution in [0, 0.1) is 0 Å². The molecule has 12 heteroatoms. The van der Waals surface area contributed by atoms with E-state index in [4.69, 9.17) is 21.1 Å². The molecule has 0 unspecified atom stereocenters. The van der Waals surface area contributed by atoms with Gasteiger partial charge < -0.3 is 25.0 Å². The van der Waals surface area contributed by atoms with E-state index in [-0.39, 0.29) is 17.7 Å². The highest BCUT2D eigenvalue weighted by atomic mass is 35.5. The van der Waals surface area contributed by atoms with Crippen molar-refractivity contribution >= 4 is 51.7 Å². The second kappa shape index (κ2) is 13.5. The minimum Gasteiger partial charge on any atom is -0.465 e. The third-order valence-electron chi connectivity index (χ3n) is 7.61. The molecule has 0 atom stereocenters. The Kier molecular flexibility index (Phi) is 9.77. The number of likely N-dealkylation sites (tertiary alicyclic amines) is 1. The van der Waals surface area contributed by atoms with Crippen LogP contribution in [0.3, 0.4) is 0 Å². The van der Waals surface area contributed by atoms with E-state index < -0.39 is 23.6 Å². The van der Waals surface area contributed by atoms with Gasteiger partial charge in [-0.15, -0.1) is 11.3 Å². The van der Waals surface area contributed by atoms with Gasteiger partial charge in [-0.1, -0.05) is 41.9 Å². The van der Waals surface area contributed by atoms with Gasteiger partial charge in [-0.05, 0) is 63.3 Å². The average molecular weight is 640 g/mol. The van der Waals surface area contributed by atoms with Gasteiger partial charge in [0.2, 0.25) is 0 Å². The fourth-order valence-electron chi connectivity index (χ4n) is 5.46. The fraction of sp³-hybridized carbons (Fsp3) is 0.438. The maximum Gasteiger partial charge on any atom is 0.410 e. The highest BCUT2D eigenvalue weighted by Crippen LogP contribution is 2.38. The van der Waals surface area contributed by atoms with E-state index in [1.54, 1.807) is 17.0 Å². The summed E-state index contributed by atoms with van der Waals surface area (Å²) in [6, 6.07) is 13.7. The van der Waals surface area contributed by atoms with E-state index in [9.17, 15) is 14.4 Å². The third-order valence-corrected chi connectivity index (χ3v) is 8.95. The molecule has 10 nitrogen and oxygen atoms in total. The molecule has 5 rings (SSSR count). The summed E-state index contributed by atoms with van der Waals surface area (Å²) in [6.07, 6.45) is 1.79. The van der Waals surface area contributed by atoms with E-state index in [1.165, 1.54) is 24.0 Å². The molecule has 44 heavy (non-hydrogen) atoms. The number of rotatable bonds is 7. The maximum atomic E-state index is 13.7. The van der Waals surface area contributed by atoms with Crippen LogP contribution in [0.1, 0.15) is 70.3 Å². The summed E-state index contributed by atoms with van der Waals surface area (Å²) in [6.45, 7) is 8.84. The summed E-state index contributed by atoms with van der Waals surface area (Å²) in [4.78, 5) is 48.5. The van der Waals surface area contributed by atoms with Gasteiger partial charge in [0, 0.05) is 37.1 Å². The van der Waals surface area contributed by atoms with Gasteiger partial charge in [0.05, 0.1) is 24.8 Å². The Bertz CT molecular complexity index is 1520. The first kappa shape index (κ1) is 31.7. The molecule has 234 valence electrons. The zero-order valence-corrected chi connectivity index (χ0v) is 27.0. The number of hydrogen-bond acceptors (Lipinski definition) is 9. The zero-order valence-electron chi connectivity index (χ0n) is 25.4. The van der Waals surface area contributed by atoms with Crippen molar-refractivity contribution in [3.05, 3.63) is 74.7 Å². The molecule has 2 N–H and O–H groups in total. The number of carbonyl (C=O) groups excluding carboxylic acids is 3. The molecule has 0 aliphatic carbocycles. The monoisotopic (exact) mass is 639 g/mol. The van der Waals surface area contributed by atoms with Crippen LogP contribution in [0.25, 0.3) is 0 Å². The normalized spacial score (nSPS) is 15.8. The van der Waals surface area contributed by atoms with Crippen molar-refractivity contribution in [2.24, 2.45) is 0 Å². The largest absolute Gasteiger partial charge is 0.465 e. The number of aromatic nitrogens is 1. The predicted molar refractivity (Wildman–Crippen MR) is 172 cm³/mol. The van der Waals surface area contributed by atoms with Gasteiger partial charge in [-0.2, -0.15) is 0 Å². The number of methoxy groups -OCH3 is 1. The molecule has 1 saturated heterocycles. The second-order valence-corrected chi connectivity index (χ2v) is 13.5. The highest BCUT2D eigenvalue weighted by Gasteiger charge is 2.33. The lowest BCUT2D eigenvalue weighted by molar-refractivity contribution is 0.0226. The van der Waals surface area contributed by atoms with Crippen molar-refractivity contribution in [2.45, 2.75) is 64.8 Å². The van der Waals surface area contributed by atoms with E-state index in [2.05, 4.69) is 44.8 Å². The Morgan fingerprint density at radius 2 is 1.80 bits per heavy atom. The standard InChI is InChI=1S/C32H38ClN5O5S/c1-32(2,3)43-31(41)38-17-14-22-24(19-38)44-29(26(22)30(40)42-4)36-28(39)23-10-11-25(33)35-27(23)34-21-12-15-37(16-13-21)18-20-8-6-5-7-9-20/h5-11,21H,12-19H2,1-4H3,(H,34,35)(H,36,39). The number of nitrogens with zero attached hydrogens (tertiary/aromatic N) is 3. The van der Waals surface area contributed by atoms with Crippen LogP contribution in [-0.4, -0.2) is 71.1 Å². The number of nitrogens with one attached hydrogen (secondary N) is 2. The van der Waals surface area contributed by atoms with Gasteiger partial charge in [0.25, 0.3) is 5.91 Å². The Hall–Kier alpha value is -3.67. The molecular formula is C32H38ClN5O5S.